The van der Waals surface area contributed by atoms with Gasteiger partial charge in [0.1, 0.15) is 5.82 Å². The highest BCUT2D eigenvalue weighted by Gasteiger charge is 2.06. The van der Waals surface area contributed by atoms with Crippen molar-refractivity contribution in [2.24, 2.45) is 4.99 Å². The Balaban J connectivity index is 1.82. The molecular weight excluding hydrogens is 246 g/mol. The lowest BCUT2D eigenvalue weighted by atomic mass is 10.2. The van der Waals surface area contributed by atoms with Crippen LogP contribution in [0.4, 0.5) is 0 Å². The zero-order valence-corrected chi connectivity index (χ0v) is 10.8. The second-order valence-electron chi connectivity index (χ2n) is 4.75. The molecule has 20 heavy (non-hydrogen) atoms. The molecule has 0 fully saturated rings. The molecule has 0 radical (unpaired) electrons. The van der Waals surface area contributed by atoms with Crippen LogP contribution in [0, 0.1) is 0 Å². The number of aromatic nitrogens is 2. The van der Waals surface area contributed by atoms with Gasteiger partial charge in [0.25, 0.3) is 0 Å². The second-order valence-corrected chi connectivity index (χ2v) is 4.75. The smallest absolute Gasteiger partial charge is 0.115 e. The van der Waals surface area contributed by atoms with E-state index in [1.165, 1.54) is 5.39 Å². The molecule has 0 amide bonds. The molecule has 3 nitrogen and oxygen atoms in total. The average molecular weight is 259 g/mol. The first-order valence-corrected chi connectivity index (χ1v) is 6.58. The Morgan fingerprint density at radius 2 is 2.05 bits per heavy atom. The van der Waals surface area contributed by atoms with Gasteiger partial charge in [0.2, 0.25) is 0 Å². The van der Waals surface area contributed by atoms with Gasteiger partial charge in [0.05, 0.1) is 5.70 Å². The van der Waals surface area contributed by atoms with Crippen molar-refractivity contribution < 1.29 is 0 Å². The molecule has 0 saturated heterocycles. The molecule has 3 heterocycles. The van der Waals surface area contributed by atoms with Gasteiger partial charge in [-0.15, -0.1) is 0 Å². The van der Waals surface area contributed by atoms with Crippen LogP contribution in [0.1, 0.15) is 5.69 Å². The van der Waals surface area contributed by atoms with E-state index in [1.807, 2.05) is 30.5 Å². The van der Waals surface area contributed by atoms with Crippen molar-refractivity contribution in [1.82, 2.24) is 9.55 Å². The van der Waals surface area contributed by atoms with Gasteiger partial charge in [-0.25, -0.2) is 0 Å². The van der Waals surface area contributed by atoms with Gasteiger partial charge >= 0.3 is 0 Å². The van der Waals surface area contributed by atoms with E-state index in [4.69, 9.17) is 0 Å². The van der Waals surface area contributed by atoms with E-state index in [0.717, 1.165) is 22.7 Å². The first kappa shape index (κ1) is 11.1. The molecular formula is C17H13N3. The summed E-state index contributed by atoms with van der Waals surface area (Å²) in [7, 11) is 0. The quantitative estimate of drug-likeness (QED) is 0.723. The number of rotatable bonds is 2. The normalized spacial score (nSPS) is 15.7. The van der Waals surface area contributed by atoms with Gasteiger partial charge in [-0.3, -0.25) is 4.99 Å². The maximum absolute atomic E-state index is 4.29. The van der Waals surface area contributed by atoms with Crippen LogP contribution >= 0.6 is 0 Å². The lowest BCUT2D eigenvalue weighted by Crippen LogP contribution is -1.94. The van der Waals surface area contributed by atoms with Crippen molar-refractivity contribution in [3.05, 3.63) is 72.2 Å². The fourth-order valence-electron chi connectivity index (χ4n) is 2.47. The number of hydrogen-bond acceptors (Lipinski definition) is 1. The van der Waals surface area contributed by atoms with Gasteiger partial charge in [-0.05, 0) is 42.5 Å². The van der Waals surface area contributed by atoms with Crippen LogP contribution in [-0.2, 0) is 0 Å². The molecule has 0 unspecified atom stereocenters. The number of H-pyrrole nitrogens is 1. The highest BCUT2D eigenvalue weighted by molar-refractivity contribution is 5.82. The number of aromatic amines is 1. The molecule has 1 aromatic carbocycles. The number of fused-ring (bicyclic) bond motifs is 1. The number of allylic oxidation sites excluding steroid dienone is 2. The molecule has 2 aromatic heterocycles. The van der Waals surface area contributed by atoms with Gasteiger partial charge in [0.15, 0.2) is 0 Å². The molecule has 0 spiro atoms. The monoisotopic (exact) mass is 259 g/mol. The van der Waals surface area contributed by atoms with E-state index >= 15 is 0 Å². The van der Waals surface area contributed by atoms with Crippen LogP contribution in [0.3, 0.4) is 0 Å². The minimum absolute atomic E-state index is 0.973. The summed E-state index contributed by atoms with van der Waals surface area (Å²) in [5.41, 5.74) is 3.23. The molecule has 4 rings (SSSR count). The Labute approximate surface area is 116 Å². The molecule has 1 aliphatic heterocycles. The Bertz CT molecular complexity index is 812. The van der Waals surface area contributed by atoms with Gasteiger partial charge < -0.3 is 9.55 Å². The lowest BCUT2D eigenvalue weighted by Gasteiger charge is -2.03. The molecule has 0 saturated carbocycles. The molecule has 0 aliphatic carbocycles. The zero-order valence-electron chi connectivity index (χ0n) is 10.8. The number of aliphatic imine (C=N–C) groups is 1. The van der Waals surface area contributed by atoms with Crippen molar-refractivity contribution in [1.29, 1.82) is 0 Å². The van der Waals surface area contributed by atoms with Crippen LogP contribution in [0.5, 0.6) is 0 Å². The summed E-state index contributed by atoms with van der Waals surface area (Å²) in [5.74, 6) is 1.06. The van der Waals surface area contributed by atoms with E-state index in [-0.39, 0.29) is 0 Å². The summed E-state index contributed by atoms with van der Waals surface area (Å²) in [5, 5.41) is 1.22. The summed E-state index contributed by atoms with van der Waals surface area (Å²) < 4.78 is 2.13. The molecule has 1 N–H and O–H groups in total. The fourth-order valence-corrected chi connectivity index (χ4v) is 2.47. The standard InChI is InChI=1S/C17H13N3/c1-2-8-16-13(5-1)11-17(19-16)20-10-4-7-15(20)12-14-6-3-9-18-14/h1-12,19H/b14-12-. The molecule has 0 bridgehead atoms. The Morgan fingerprint density at radius 1 is 1.10 bits per heavy atom. The molecule has 3 aromatic rings. The third-order valence-electron chi connectivity index (χ3n) is 3.43. The van der Waals surface area contributed by atoms with Crippen molar-refractivity contribution in [2.45, 2.75) is 0 Å². The Hall–Kier alpha value is -2.81. The number of para-hydroxylation sites is 1. The maximum Gasteiger partial charge on any atom is 0.115 e. The first-order chi connectivity index (χ1) is 9.90. The van der Waals surface area contributed by atoms with E-state index in [0.29, 0.717) is 0 Å². The Kier molecular flexibility index (Phi) is 2.42. The SMILES string of the molecule is C1=C/C(=C/c2cccn2-c2cc3ccccc3[nH]2)N=C1. The van der Waals surface area contributed by atoms with Crippen molar-refractivity contribution in [2.75, 3.05) is 0 Å². The van der Waals surface area contributed by atoms with Crippen molar-refractivity contribution in [3.8, 4) is 5.82 Å². The van der Waals surface area contributed by atoms with Crippen LogP contribution in [-0.4, -0.2) is 15.8 Å². The number of nitrogens with zero attached hydrogens (tertiary/aromatic N) is 2. The van der Waals surface area contributed by atoms with Crippen molar-refractivity contribution >= 4 is 23.2 Å². The van der Waals surface area contributed by atoms with Gasteiger partial charge in [-0.2, -0.15) is 0 Å². The summed E-state index contributed by atoms with van der Waals surface area (Å²) in [6.07, 6.45) is 9.89. The van der Waals surface area contributed by atoms with Gasteiger partial charge in [-0.1, -0.05) is 18.2 Å². The average Bonchev–Trinajstić information content (AvgIpc) is 3.18. The van der Waals surface area contributed by atoms with Crippen LogP contribution < -0.4 is 0 Å². The van der Waals surface area contributed by atoms with Gasteiger partial charge in [0, 0.05) is 29.0 Å². The first-order valence-electron chi connectivity index (χ1n) is 6.58. The molecule has 3 heteroatoms. The Morgan fingerprint density at radius 3 is 2.90 bits per heavy atom. The lowest BCUT2D eigenvalue weighted by molar-refractivity contribution is 1.02. The molecule has 0 atom stereocenters. The van der Waals surface area contributed by atoms with E-state index in [2.05, 4.69) is 57.1 Å². The topological polar surface area (TPSA) is 33.1 Å². The summed E-state index contributed by atoms with van der Waals surface area (Å²) in [6.45, 7) is 0. The number of benzene rings is 1. The van der Waals surface area contributed by atoms with Crippen LogP contribution in [0.15, 0.2) is 71.5 Å². The molecule has 1 aliphatic rings. The number of nitrogens with one attached hydrogen (secondary N) is 1. The summed E-state index contributed by atoms with van der Waals surface area (Å²) in [6, 6.07) is 14.6. The van der Waals surface area contributed by atoms with Crippen LogP contribution in [0.25, 0.3) is 22.8 Å². The highest BCUT2D eigenvalue weighted by Crippen LogP contribution is 2.21. The number of hydrogen-bond donors (Lipinski definition) is 1. The fraction of sp³-hybridized carbons (Fsp3) is 0. The largest absolute Gasteiger partial charge is 0.341 e. The highest BCUT2D eigenvalue weighted by atomic mass is 15.1. The van der Waals surface area contributed by atoms with E-state index in [9.17, 15) is 0 Å². The zero-order chi connectivity index (χ0) is 13.4. The predicted molar refractivity (Wildman–Crippen MR) is 83.2 cm³/mol. The summed E-state index contributed by atoms with van der Waals surface area (Å²) >= 11 is 0. The third-order valence-corrected chi connectivity index (χ3v) is 3.43. The second kappa shape index (κ2) is 4.38. The third kappa shape index (κ3) is 1.80. The summed E-state index contributed by atoms with van der Waals surface area (Å²) in [4.78, 5) is 7.73. The predicted octanol–water partition coefficient (Wildman–Crippen LogP) is 3.94. The minimum Gasteiger partial charge on any atom is -0.341 e. The van der Waals surface area contributed by atoms with E-state index < -0.39 is 0 Å². The van der Waals surface area contributed by atoms with E-state index in [1.54, 1.807) is 0 Å². The van der Waals surface area contributed by atoms with Crippen LogP contribution in [0.2, 0.25) is 0 Å². The molecule has 96 valence electrons. The van der Waals surface area contributed by atoms with Crippen molar-refractivity contribution in [3.63, 3.8) is 0 Å². The minimum atomic E-state index is 0.973. The maximum atomic E-state index is 4.29.